The molecule has 108 valence electrons. The number of piperidine rings is 1. The maximum absolute atomic E-state index is 13.0. The molecular formula is C16H21FN2O. The maximum Gasteiger partial charge on any atom is 0.226 e. The van der Waals surface area contributed by atoms with E-state index >= 15 is 0 Å². The predicted octanol–water partition coefficient (Wildman–Crippen LogP) is 2.19. The van der Waals surface area contributed by atoms with Gasteiger partial charge in [-0.15, -0.1) is 0 Å². The van der Waals surface area contributed by atoms with Crippen LogP contribution in [0.5, 0.6) is 0 Å². The molecule has 1 aromatic carbocycles. The lowest BCUT2D eigenvalue weighted by atomic mass is 9.85. The van der Waals surface area contributed by atoms with Crippen molar-refractivity contribution in [3.63, 3.8) is 0 Å². The Labute approximate surface area is 118 Å². The summed E-state index contributed by atoms with van der Waals surface area (Å²) in [6, 6.07) is 6.77. The third-order valence-electron chi connectivity index (χ3n) is 4.64. The molecule has 2 atom stereocenters. The first-order chi connectivity index (χ1) is 9.58. The van der Waals surface area contributed by atoms with E-state index in [0.29, 0.717) is 0 Å². The Hall–Kier alpha value is -1.42. The number of carbonyl (C=O) groups excluding carboxylic acids is 1. The van der Waals surface area contributed by atoms with Crippen LogP contribution in [-0.4, -0.2) is 25.0 Å². The van der Waals surface area contributed by atoms with Gasteiger partial charge in [0.25, 0.3) is 0 Å². The van der Waals surface area contributed by atoms with Crippen molar-refractivity contribution in [1.29, 1.82) is 0 Å². The van der Waals surface area contributed by atoms with Gasteiger partial charge in [0.15, 0.2) is 0 Å². The summed E-state index contributed by atoms with van der Waals surface area (Å²) in [7, 11) is 0. The van der Waals surface area contributed by atoms with Gasteiger partial charge in [-0.3, -0.25) is 4.79 Å². The van der Waals surface area contributed by atoms with Crippen LogP contribution < -0.4 is 10.6 Å². The van der Waals surface area contributed by atoms with Crippen molar-refractivity contribution >= 4 is 5.91 Å². The lowest BCUT2D eigenvalue weighted by Gasteiger charge is -2.34. The van der Waals surface area contributed by atoms with Crippen LogP contribution in [0.4, 0.5) is 4.39 Å². The molecule has 0 radical (unpaired) electrons. The normalized spacial score (nSPS) is 27.9. The van der Waals surface area contributed by atoms with Crippen molar-refractivity contribution in [3.05, 3.63) is 35.6 Å². The van der Waals surface area contributed by atoms with E-state index in [9.17, 15) is 9.18 Å². The smallest absolute Gasteiger partial charge is 0.226 e. The van der Waals surface area contributed by atoms with Crippen LogP contribution in [-0.2, 0) is 4.79 Å². The average molecular weight is 276 g/mol. The van der Waals surface area contributed by atoms with E-state index in [1.807, 2.05) is 19.1 Å². The fraction of sp³-hybridized carbons (Fsp3) is 0.562. The van der Waals surface area contributed by atoms with E-state index in [1.54, 1.807) is 0 Å². The van der Waals surface area contributed by atoms with Crippen LogP contribution in [0, 0.1) is 11.2 Å². The zero-order chi connectivity index (χ0) is 14.2. The molecule has 0 bridgehead atoms. The highest BCUT2D eigenvalue weighted by atomic mass is 19.1. The van der Waals surface area contributed by atoms with E-state index < -0.39 is 0 Å². The van der Waals surface area contributed by atoms with Crippen LogP contribution in [0.3, 0.4) is 0 Å². The van der Waals surface area contributed by atoms with Crippen molar-refractivity contribution in [2.75, 3.05) is 13.1 Å². The van der Waals surface area contributed by atoms with E-state index in [0.717, 1.165) is 37.9 Å². The highest BCUT2D eigenvalue weighted by molar-refractivity contribution is 5.85. The van der Waals surface area contributed by atoms with Gasteiger partial charge in [0.05, 0.1) is 0 Å². The Balaban J connectivity index is 1.73. The molecule has 4 heteroatoms. The van der Waals surface area contributed by atoms with Crippen molar-refractivity contribution in [2.45, 2.75) is 38.1 Å². The van der Waals surface area contributed by atoms with Gasteiger partial charge in [-0.25, -0.2) is 4.39 Å². The van der Waals surface area contributed by atoms with Gasteiger partial charge in [-0.05, 0) is 43.5 Å². The molecule has 3 nitrogen and oxygen atoms in total. The molecule has 20 heavy (non-hydrogen) atoms. The standard InChI is InChI=1S/C16H21FN2O/c1-16(7-8-16)15(20)19-14-10-18-9-6-13(14)11-2-4-12(17)5-3-11/h2-5,13-14,18H,6-10H2,1H3,(H,19,20). The molecule has 1 saturated carbocycles. The summed E-state index contributed by atoms with van der Waals surface area (Å²) in [6.07, 6.45) is 2.94. The minimum absolute atomic E-state index is 0.0964. The molecular weight excluding hydrogens is 255 g/mol. The minimum Gasteiger partial charge on any atom is -0.351 e. The predicted molar refractivity (Wildman–Crippen MR) is 75.9 cm³/mol. The topological polar surface area (TPSA) is 41.1 Å². The zero-order valence-corrected chi connectivity index (χ0v) is 11.8. The van der Waals surface area contributed by atoms with Gasteiger partial charge in [-0.1, -0.05) is 19.1 Å². The molecule has 1 amide bonds. The third kappa shape index (κ3) is 2.70. The molecule has 1 heterocycles. The summed E-state index contributed by atoms with van der Waals surface area (Å²) >= 11 is 0. The van der Waals surface area contributed by atoms with E-state index in [1.165, 1.54) is 12.1 Å². The molecule has 2 aliphatic rings. The van der Waals surface area contributed by atoms with Crippen LogP contribution in [0.1, 0.15) is 37.7 Å². The number of rotatable bonds is 3. The summed E-state index contributed by atoms with van der Waals surface area (Å²) < 4.78 is 13.0. The maximum atomic E-state index is 13.0. The number of hydrogen-bond acceptors (Lipinski definition) is 2. The van der Waals surface area contributed by atoms with E-state index in [-0.39, 0.29) is 29.1 Å². The number of nitrogens with one attached hydrogen (secondary N) is 2. The van der Waals surface area contributed by atoms with Crippen molar-refractivity contribution < 1.29 is 9.18 Å². The average Bonchev–Trinajstić information content (AvgIpc) is 3.20. The molecule has 0 spiro atoms. The SMILES string of the molecule is CC1(C(=O)NC2CNCCC2c2ccc(F)cc2)CC1. The number of benzene rings is 1. The van der Waals surface area contributed by atoms with Gasteiger partial charge < -0.3 is 10.6 Å². The first-order valence-electron chi connectivity index (χ1n) is 7.36. The Kier molecular flexibility index (Phi) is 3.50. The van der Waals surface area contributed by atoms with Crippen LogP contribution in [0.25, 0.3) is 0 Å². The fourth-order valence-electron chi connectivity index (χ4n) is 2.88. The quantitative estimate of drug-likeness (QED) is 0.888. The highest BCUT2D eigenvalue weighted by Gasteiger charge is 2.46. The van der Waals surface area contributed by atoms with Crippen molar-refractivity contribution in [3.8, 4) is 0 Å². The molecule has 2 N–H and O–H groups in total. The van der Waals surface area contributed by atoms with Crippen molar-refractivity contribution in [2.24, 2.45) is 5.41 Å². The van der Waals surface area contributed by atoms with Crippen LogP contribution >= 0.6 is 0 Å². The Bertz CT molecular complexity index is 496. The molecule has 2 unspecified atom stereocenters. The molecule has 1 aliphatic carbocycles. The van der Waals surface area contributed by atoms with E-state index in [2.05, 4.69) is 10.6 Å². The Morgan fingerprint density at radius 2 is 2.05 bits per heavy atom. The molecule has 2 fully saturated rings. The van der Waals surface area contributed by atoms with Gasteiger partial charge >= 0.3 is 0 Å². The van der Waals surface area contributed by atoms with Gasteiger partial charge in [0.1, 0.15) is 5.82 Å². The molecule has 1 aliphatic heterocycles. The Morgan fingerprint density at radius 3 is 2.70 bits per heavy atom. The van der Waals surface area contributed by atoms with Crippen LogP contribution in [0.15, 0.2) is 24.3 Å². The number of carbonyl (C=O) groups is 1. The highest BCUT2D eigenvalue weighted by Crippen LogP contribution is 2.45. The minimum atomic E-state index is -0.214. The monoisotopic (exact) mass is 276 g/mol. The van der Waals surface area contributed by atoms with Gasteiger partial charge in [0, 0.05) is 23.9 Å². The summed E-state index contributed by atoms with van der Waals surface area (Å²) in [6.45, 7) is 3.74. The van der Waals surface area contributed by atoms with Crippen LogP contribution in [0.2, 0.25) is 0 Å². The molecule has 0 aromatic heterocycles. The second-order valence-electron chi connectivity index (χ2n) is 6.29. The summed E-state index contributed by atoms with van der Waals surface area (Å²) in [4.78, 5) is 12.2. The number of amides is 1. The van der Waals surface area contributed by atoms with Crippen molar-refractivity contribution in [1.82, 2.24) is 10.6 Å². The second kappa shape index (κ2) is 5.17. The number of halogens is 1. The summed E-state index contributed by atoms with van der Waals surface area (Å²) in [5, 5.41) is 6.52. The first-order valence-corrected chi connectivity index (χ1v) is 7.36. The van der Waals surface area contributed by atoms with E-state index in [4.69, 9.17) is 0 Å². The van der Waals surface area contributed by atoms with Gasteiger partial charge in [-0.2, -0.15) is 0 Å². The molecule has 1 aromatic rings. The summed E-state index contributed by atoms with van der Waals surface area (Å²) in [5.74, 6) is 0.218. The summed E-state index contributed by atoms with van der Waals surface area (Å²) in [5.41, 5.74) is 0.962. The Morgan fingerprint density at radius 1 is 1.35 bits per heavy atom. The fourth-order valence-corrected chi connectivity index (χ4v) is 2.88. The first kappa shape index (κ1) is 13.6. The second-order valence-corrected chi connectivity index (χ2v) is 6.29. The largest absolute Gasteiger partial charge is 0.351 e. The molecule has 3 rings (SSSR count). The lowest BCUT2D eigenvalue weighted by Crippen LogP contribution is -2.51. The zero-order valence-electron chi connectivity index (χ0n) is 11.8. The third-order valence-corrected chi connectivity index (χ3v) is 4.64. The lowest BCUT2D eigenvalue weighted by molar-refractivity contribution is -0.126. The molecule has 1 saturated heterocycles. The number of hydrogen-bond donors (Lipinski definition) is 2. The van der Waals surface area contributed by atoms with Gasteiger partial charge in [0.2, 0.25) is 5.91 Å².